The molecule has 3 aromatic rings. The topological polar surface area (TPSA) is 52.8 Å². The number of aryl methyl sites for hydroxylation is 1. The van der Waals surface area contributed by atoms with Crippen LogP contribution in [0, 0.1) is 0 Å². The summed E-state index contributed by atoms with van der Waals surface area (Å²) in [5.74, 6) is 1.15. The first-order valence-corrected chi connectivity index (χ1v) is 6.61. The quantitative estimate of drug-likeness (QED) is 0.697. The maximum absolute atomic E-state index is 6.10. The van der Waals surface area contributed by atoms with Gasteiger partial charge >= 0.3 is 0 Å². The van der Waals surface area contributed by atoms with Crippen LogP contribution in [0.1, 0.15) is 5.82 Å². The zero-order valence-electron chi connectivity index (χ0n) is 10.5. The summed E-state index contributed by atoms with van der Waals surface area (Å²) >= 11 is 12.0. The summed E-state index contributed by atoms with van der Waals surface area (Å²) in [4.78, 5) is 8.58. The molecule has 102 valence electrons. The Kier molecular flexibility index (Phi) is 3.46. The second-order valence-electron chi connectivity index (χ2n) is 4.18. The van der Waals surface area contributed by atoms with Crippen LogP contribution in [-0.2, 0) is 13.7 Å². The standard InChI is InChI=1S/C13H10Cl2N4O/c1-19-13-10(6-16-19)12(15)17-11(18-13)7-20-9-4-2-3-8(14)5-9/h2-6H,7H2,1H3. The molecule has 20 heavy (non-hydrogen) atoms. The summed E-state index contributed by atoms with van der Waals surface area (Å²) in [5.41, 5.74) is 0.676. The monoisotopic (exact) mass is 308 g/mol. The van der Waals surface area contributed by atoms with Crippen molar-refractivity contribution in [3.05, 3.63) is 46.5 Å². The molecule has 0 aliphatic rings. The predicted octanol–water partition coefficient (Wildman–Crippen LogP) is 3.25. The lowest BCUT2D eigenvalue weighted by Crippen LogP contribution is -2.03. The molecule has 2 aromatic heterocycles. The van der Waals surface area contributed by atoms with Gasteiger partial charge in [-0.05, 0) is 18.2 Å². The van der Waals surface area contributed by atoms with Gasteiger partial charge in [-0.25, -0.2) is 9.97 Å². The number of rotatable bonds is 3. The Morgan fingerprint density at radius 2 is 2.10 bits per heavy atom. The van der Waals surface area contributed by atoms with Gasteiger partial charge in [-0.15, -0.1) is 0 Å². The Balaban J connectivity index is 1.86. The first-order valence-electron chi connectivity index (χ1n) is 5.86. The minimum Gasteiger partial charge on any atom is -0.486 e. The molecule has 0 aliphatic heterocycles. The van der Waals surface area contributed by atoms with Crippen molar-refractivity contribution in [2.75, 3.05) is 0 Å². The summed E-state index contributed by atoms with van der Waals surface area (Å²) < 4.78 is 7.24. The first-order chi connectivity index (χ1) is 9.63. The van der Waals surface area contributed by atoms with Gasteiger partial charge in [0.15, 0.2) is 11.5 Å². The molecule has 0 N–H and O–H groups in total. The number of ether oxygens (including phenoxy) is 1. The van der Waals surface area contributed by atoms with Gasteiger partial charge < -0.3 is 4.74 Å². The molecule has 0 bridgehead atoms. The van der Waals surface area contributed by atoms with Crippen molar-refractivity contribution in [2.24, 2.45) is 7.05 Å². The molecule has 3 rings (SSSR count). The van der Waals surface area contributed by atoms with E-state index in [-0.39, 0.29) is 6.61 Å². The van der Waals surface area contributed by atoms with E-state index >= 15 is 0 Å². The fraction of sp³-hybridized carbons (Fsp3) is 0.154. The van der Waals surface area contributed by atoms with Crippen LogP contribution in [0.3, 0.4) is 0 Å². The van der Waals surface area contributed by atoms with Crippen molar-refractivity contribution >= 4 is 34.2 Å². The van der Waals surface area contributed by atoms with Gasteiger partial charge in [0.05, 0.1) is 11.6 Å². The highest BCUT2D eigenvalue weighted by atomic mass is 35.5. The third kappa shape index (κ3) is 2.55. The average Bonchev–Trinajstić information content (AvgIpc) is 2.79. The van der Waals surface area contributed by atoms with E-state index in [2.05, 4.69) is 15.1 Å². The first kappa shape index (κ1) is 13.1. The molecule has 0 atom stereocenters. The Morgan fingerprint density at radius 1 is 1.25 bits per heavy atom. The molecule has 0 spiro atoms. The van der Waals surface area contributed by atoms with Crippen LogP contribution < -0.4 is 4.74 Å². The Hall–Kier alpha value is -1.85. The van der Waals surface area contributed by atoms with Crippen molar-refractivity contribution in [1.29, 1.82) is 0 Å². The van der Waals surface area contributed by atoms with E-state index in [4.69, 9.17) is 27.9 Å². The lowest BCUT2D eigenvalue weighted by atomic mass is 10.3. The van der Waals surface area contributed by atoms with E-state index in [1.165, 1.54) is 0 Å². The SMILES string of the molecule is Cn1ncc2c(Cl)nc(COc3cccc(Cl)c3)nc21. The Labute approximate surface area is 125 Å². The highest BCUT2D eigenvalue weighted by Gasteiger charge is 2.10. The van der Waals surface area contributed by atoms with E-state index in [0.717, 1.165) is 5.39 Å². The van der Waals surface area contributed by atoms with Crippen molar-refractivity contribution in [1.82, 2.24) is 19.7 Å². The van der Waals surface area contributed by atoms with Crippen LogP contribution in [0.25, 0.3) is 11.0 Å². The second kappa shape index (κ2) is 5.26. The molecular formula is C13H10Cl2N4O. The zero-order valence-corrected chi connectivity index (χ0v) is 12.1. The number of benzene rings is 1. The lowest BCUT2D eigenvalue weighted by molar-refractivity contribution is 0.296. The number of nitrogens with zero attached hydrogens (tertiary/aromatic N) is 4. The van der Waals surface area contributed by atoms with Crippen LogP contribution in [0.5, 0.6) is 5.75 Å². The van der Waals surface area contributed by atoms with E-state index in [9.17, 15) is 0 Å². The fourth-order valence-electron chi connectivity index (χ4n) is 1.80. The highest BCUT2D eigenvalue weighted by molar-refractivity contribution is 6.33. The van der Waals surface area contributed by atoms with Gasteiger partial charge in [0.2, 0.25) is 0 Å². The van der Waals surface area contributed by atoms with Gasteiger partial charge in [0.1, 0.15) is 17.5 Å². The summed E-state index contributed by atoms with van der Waals surface area (Å²) in [7, 11) is 1.80. The number of hydrogen-bond acceptors (Lipinski definition) is 4. The number of hydrogen-bond donors (Lipinski definition) is 0. The fourth-order valence-corrected chi connectivity index (χ4v) is 2.21. The third-order valence-corrected chi connectivity index (χ3v) is 3.28. The average molecular weight is 309 g/mol. The minimum atomic E-state index is 0.210. The van der Waals surface area contributed by atoms with E-state index in [1.807, 2.05) is 12.1 Å². The molecule has 1 aromatic carbocycles. The Morgan fingerprint density at radius 3 is 2.90 bits per heavy atom. The van der Waals surface area contributed by atoms with Gasteiger partial charge in [0, 0.05) is 12.1 Å². The van der Waals surface area contributed by atoms with Gasteiger partial charge in [0.25, 0.3) is 0 Å². The van der Waals surface area contributed by atoms with E-state index in [0.29, 0.717) is 27.4 Å². The van der Waals surface area contributed by atoms with Crippen molar-refractivity contribution in [3.63, 3.8) is 0 Å². The minimum absolute atomic E-state index is 0.210. The van der Waals surface area contributed by atoms with Crippen LogP contribution in [0.2, 0.25) is 10.2 Å². The van der Waals surface area contributed by atoms with Crippen LogP contribution in [0.4, 0.5) is 0 Å². The third-order valence-electron chi connectivity index (χ3n) is 2.76. The van der Waals surface area contributed by atoms with Crippen LogP contribution in [-0.4, -0.2) is 19.7 Å². The zero-order chi connectivity index (χ0) is 14.1. The number of aromatic nitrogens is 4. The van der Waals surface area contributed by atoms with E-state index < -0.39 is 0 Å². The molecule has 0 fully saturated rings. The molecule has 0 unspecified atom stereocenters. The maximum atomic E-state index is 6.10. The smallest absolute Gasteiger partial charge is 0.170 e. The maximum Gasteiger partial charge on any atom is 0.170 e. The van der Waals surface area contributed by atoms with Gasteiger partial charge in [-0.3, -0.25) is 4.68 Å². The molecule has 5 nitrogen and oxygen atoms in total. The Bertz CT molecular complexity index is 772. The summed E-state index contributed by atoms with van der Waals surface area (Å²) in [6, 6.07) is 7.14. The summed E-state index contributed by atoms with van der Waals surface area (Å²) in [5, 5.41) is 5.80. The van der Waals surface area contributed by atoms with Crippen molar-refractivity contribution in [3.8, 4) is 5.75 Å². The van der Waals surface area contributed by atoms with Gasteiger partial charge in [-0.1, -0.05) is 29.3 Å². The highest BCUT2D eigenvalue weighted by Crippen LogP contribution is 2.21. The van der Waals surface area contributed by atoms with Crippen LogP contribution >= 0.6 is 23.2 Å². The van der Waals surface area contributed by atoms with E-state index in [1.54, 1.807) is 30.1 Å². The molecule has 0 radical (unpaired) electrons. The largest absolute Gasteiger partial charge is 0.486 e. The van der Waals surface area contributed by atoms with Crippen molar-refractivity contribution < 1.29 is 4.74 Å². The normalized spacial score (nSPS) is 10.9. The number of halogens is 2. The van der Waals surface area contributed by atoms with Crippen molar-refractivity contribution in [2.45, 2.75) is 6.61 Å². The number of fused-ring (bicyclic) bond motifs is 1. The molecule has 2 heterocycles. The molecule has 0 amide bonds. The molecule has 0 aliphatic carbocycles. The molecule has 0 saturated carbocycles. The summed E-state index contributed by atoms with van der Waals surface area (Å²) in [6.45, 7) is 0.210. The van der Waals surface area contributed by atoms with Crippen LogP contribution in [0.15, 0.2) is 30.5 Å². The predicted molar refractivity (Wildman–Crippen MR) is 77.1 cm³/mol. The molecule has 7 heteroatoms. The molecular weight excluding hydrogens is 299 g/mol. The molecule has 0 saturated heterocycles. The lowest BCUT2D eigenvalue weighted by Gasteiger charge is -2.06. The second-order valence-corrected chi connectivity index (χ2v) is 4.98. The van der Waals surface area contributed by atoms with Gasteiger partial charge in [-0.2, -0.15) is 5.10 Å². The summed E-state index contributed by atoms with van der Waals surface area (Å²) in [6.07, 6.45) is 1.64.